The Bertz CT molecular complexity index is 579. The lowest BCUT2D eigenvalue weighted by Gasteiger charge is -2.13. The average Bonchev–Trinajstić information content (AvgIpc) is 2.75. The van der Waals surface area contributed by atoms with Crippen molar-refractivity contribution in [1.29, 1.82) is 0 Å². The molecule has 1 N–H and O–H groups in total. The van der Waals surface area contributed by atoms with Gasteiger partial charge in [0.15, 0.2) is 0 Å². The van der Waals surface area contributed by atoms with Gasteiger partial charge in [0.2, 0.25) is 0 Å². The molecule has 0 bridgehead atoms. The first-order chi connectivity index (χ1) is 9.56. The van der Waals surface area contributed by atoms with Crippen LogP contribution in [-0.4, -0.2) is 32.2 Å². The zero-order valence-electron chi connectivity index (χ0n) is 12.0. The van der Waals surface area contributed by atoms with Crippen molar-refractivity contribution in [1.82, 2.24) is 25.1 Å². The molecule has 0 unspecified atom stereocenters. The van der Waals surface area contributed by atoms with Crippen LogP contribution in [-0.2, 0) is 6.54 Å². The third-order valence-corrected chi connectivity index (χ3v) is 2.99. The summed E-state index contributed by atoms with van der Waals surface area (Å²) in [7, 11) is 0. The van der Waals surface area contributed by atoms with E-state index in [1.165, 1.54) is 12.4 Å². The van der Waals surface area contributed by atoms with Crippen LogP contribution in [0.4, 0.5) is 0 Å². The lowest BCUT2D eigenvalue weighted by Crippen LogP contribution is -2.30. The van der Waals surface area contributed by atoms with Crippen LogP contribution in [0.15, 0.2) is 24.7 Å². The number of hydrogen-bond acceptors (Lipinski definition) is 4. The van der Waals surface area contributed by atoms with Gasteiger partial charge in [-0.15, -0.1) is 0 Å². The maximum absolute atomic E-state index is 11.8. The first-order valence-corrected chi connectivity index (χ1v) is 6.61. The number of nitrogens with one attached hydrogen (secondary N) is 1. The fourth-order valence-corrected chi connectivity index (χ4v) is 1.99. The Kier molecular flexibility index (Phi) is 4.45. The van der Waals surface area contributed by atoms with Gasteiger partial charge >= 0.3 is 0 Å². The van der Waals surface area contributed by atoms with Crippen molar-refractivity contribution in [2.24, 2.45) is 5.92 Å². The molecule has 2 heterocycles. The number of aryl methyl sites for hydroxylation is 2. The molecular weight excluding hydrogens is 254 g/mol. The molecule has 1 amide bonds. The van der Waals surface area contributed by atoms with E-state index >= 15 is 0 Å². The van der Waals surface area contributed by atoms with Crippen molar-refractivity contribution in [3.8, 4) is 0 Å². The Labute approximate surface area is 118 Å². The molecule has 6 nitrogen and oxygen atoms in total. The van der Waals surface area contributed by atoms with Gasteiger partial charge in [-0.1, -0.05) is 6.92 Å². The van der Waals surface area contributed by atoms with Crippen molar-refractivity contribution < 1.29 is 4.79 Å². The first kappa shape index (κ1) is 14.2. The topological polar surface area (TPSA) is 72.7 Å². The minimum absolute atomic E-state index is 0.196. The summed E-state index contributed by atoms with van der Waals surface area (Å²) in [5, 5.41) is 7.28. The van der Waals surface area contributed by atoms with Crippen LogP contribution in [0.25, 0.3) is 0 Å². The highest BCUT2D eigenvalue weighted by atomic mass is 16.1. The Morgan fingerprint density at radius 2 is 2.20 bits per heavy atom. The van der Waals surface area contributed by atoms with Gasteiger partial charge in [-0.2, -0.15) is 5.10 Å². The van der Waals surface area contributed by atoms with Crippen molar-refractivity contribution in [2.75, 3.05) is 6.54 Å². The maximum atomic E-state index is 11.8. The number of nitrogens with zero attached hydrogens (tertiary/aromatic N) is 4. The predicted octanol–water partition coefficient (Wildman–Crippen LogP) is 1.36. The summed E-state index contributed by atoms with van der Waals surface area (Å²) in [4.78, 5) is 19.7. The Morgan fingerprint density at radius 3 is 2.80 bits per heavy atom. The minimum Gasteiger partial charge on any atom is -0.350 e. The molecule has 0 radical (unpaired) electrons. The molecular formula is C14H19N5O. The lowest BCUT2D eigenvalue weighted by molar-refractivity contribution is 0.0941. The minimum atomic E-state index is -0.196. The monoisotopic (exact) mass is 273 g/mol. The van der Waals surface area contributed by atoms with Crippen LogP contribution < -0.4 is 5.32 Å². The smallest absolute Gasteiger partial charge is 0.271 e. The van der Waals surface area contributed by atoms with Crippen LogP contribution in [0, 0.1) is 19.8 Å². The molecule has 106 valence electrons. The molecule has 2 rings (SSSR count). The van der Waals surface area contributed by atoms with Gasteiger partial charge in [0.05, 0.1) is 11.9 Å². The molecule has 0 aliphatic carbocycles. The fraction of sp³-hybridized carbons (Fsp3) is 0.429. The van der Waals surface area contributed by atoms with Crippen molar-refractivity contribution in [2.45, 2.75) is 27.3 Å². The highest BCUT2D eigenvalue weighted by Crippen LogP contribution is 2.06. The van der Waals surface area contributed by atoms with Crippen LogP contribution >= 0.6 is 0 Å². The van der Waals surface area contributed by atoms with E-state index in [1.807, 2.05) is 24.6 Å². The van der Waals surface area contributed by atoms with Gasteiger partial charge in [-0.25, -0.2) is 4.98 Å². The predicted molar refractivity (Wildman–Crippen MR) is 75.2 cm³/mol. The summed E-state index contributed by atoms with van der Waals surface area (Å²) in [6.07, 6.45) is 4.51. The third-order valence-electron chi connectivity index (χ3n) is 2.99. The second-order valence-electron chi connectivity index (χ2n) is 5.02. The largest absolute Gasteiger partial charge is 0.350 e. The van der Waals surface area contributed by atoms with Gasteiger partial charge in [0.1, 0.15) is 5.69 Å². The maximum Gasteiger partial charge on any atom is 0.271 e. The normalized spacial score (nSPS) is 12.2. The highest BCUT2D eigenvalue weighted by molar-refractivity contribution is 5.91. The molecule has 20 heavy (non-hydrogen) atoms. The zero-order valence-corrected chi connectivity index (χ0v) is 12.0. The van der Waals surface area contributed by atoms with Crippen LogP contribution in [0.1, 0.15) is 28.8 Å². The van der Waals surface area contributed by atoms with E-state index in [-0.39, 0.29) is 11.8 Å². The number of aromatic nitrogens is 4. The van der Waals surface area contributed by atoms with E-state index in [0.29, 0.717) is 12.2 Å². The molecule has 6 heteroatoms. The van der Waals surface area contributed by atoms with Gasteiger partial charge in [-0.3, -0.25) is 14.5 Å². The van der Waals surface area contributed by atoms with E-state index in [4.69, 9.17) is 0 Å². The number of carbonyl (C=O) groups is 1. The number of hydrogen-bond donors (Lipinski definition) is 1. The number of rotatable bonds is 5. The molecule has 1 atom stereocenters. The van der Waals surface area contributed by atoms with E-state index in [2.05, 4.69) is 27.3 Å². The summed E-state index contributed by atoms with van der Waals surface area (Å²) in [5.74, 6) is 0.0898. The van der Waals surface area contributed by atoms with Crippen LogP contribution in [0.5, 0.6) is 0 Å². The Hall–Kier alpha value is -2.24. The van der Waals surface area contributed by atoms with Gasteiger partial charge in [0.25, 0.3) is 5.91 Å². The zero-order chi connectivity index (χ0) is 14.5. The quantitative estimate of drug-likeness (QED) is 0.892. The molecule has 2 aromatic heterocycles. The van der Waals surface area contributed by atoms with Gasteiger partial charge in [0, 0.05) is 31.2 Å². The second-order valence-corrected chi connectivity index (χ2v) is 5.02. The van der Waals surface area contributed by atoms with E-state index in [9.17, 15) is 4.79 Å². The van der Waals surface area contributed by atoms with Gasteiger partial charge in [-0.05, 0) is 25.8 Å². The average molecular weight is 273 g/mol. The molecule has 0 fully saturated rings. The van der Waals surface area contributed by atoms with E-state index in [1.54, 1.807) is 6.20 Å². The molecule has 2 aromatic rings. The number of carbonyl (C=O) groups excluding carboxylic acids is 1. The van der Waals surface area contributed by atoms with Crippen molar-refractivity contribution in [3.63, 3.8) is 0 Å². The van der Waals surface area contributed by atoms with Crippen LogP contribution in [0.3, 0.4) is 0 Å². The summed E-state index contributed by atoms with van der Waals surface area (Å²) in [6, 6.07) is 2.05. The summed E-state index contributed by atoms with van der Waals surface area (Å²) in [5.41, 5.74) is 2.48. The highest BCUT2D eigenvalue weighted by Gasteiger charge is 2.11. The first-order valence-electron chi connectivity index (χ1n) is 6.61. The SMILES string of the molecule is Cc1cc(C)n(C[C@@H](C)CNC(=O)c2cnccn2)n1. The van der Waals surface area contributed by atoms with Gasteiger partial charge < -0.3 is 5.32 Å². The summed E-state index contributed by atoms with van der Waals surface area (Å²) in [6.45, 7) is 7.44. The van der Waals surface area contributed by atoms with Crippen molar-refractivity contribution in [3.05, 3.63) is 41.7 Å². The van der Waals surface area contributed by atoms with E-state index < -0.39 is 0 Å². The Morgan fingerprint density at radius 1 is 1.40 bits per heavy atom. The fourth-order valence-electron chi connectivity index (χ4n) is 1.99. The van der Waals surface area contributed by atoms with E-state index in [0.717, 1.165) is 17.9 Å². The van der Waals surface area contributed by atoms with Crippen LogP contribution in [0.2, 0.25) is 0 Å². The van der Waals surface area contributed by atoms with Crippen molar-refractivity contribution >= 4 is 5.91 Å². The summed E-state index contributed by atoms with van der Waals surface area (Å²) < 4.78 is 1.97. The second kappa shape index (κ2) is 6.27. The summed E-state index contributed by atoms with van der Waals surface area (Å²) >= 11 is 0. The molecule has 0 aromatic carbocycles. The molecule has 0 spiro atoms. The lowest BCUT2D eigenvalue weighted by atomic mass is 10.2. The molecule has 0 saturated heterocycles. The third kappa shape index (κ3) is 3.63. The number of amides is 1. The molecule has 0 aliphatic rings. The molecule has 0 aliphatic heterocycles. The molecule has 0 saturated carbocycles. The Balaban J connectivity index is 1.85. The standard InChI is InChI=1S/C14H19N5O/c1-10(9-19-12(3)6-11(2)18-19)7-17-14(20)13-8-15-4-5-16-13/h4-6,8,10H,7,9H2,1-3H3,(H,17,20)/t10-/m0/s1.